The molecule has 0 bridgehead atoms. The average molecular weight is 274 g/mol. The van der Waals surface area contributed by atoms with E-state index in [9.17, 15) is 4.79 Å². The Balaban J connectivity index is 2.48. The summed E-state index contributed by atoms with van der Waals surface area (Å²) in [5, 5.41) is 1.01. The van der Waals surface area contributed by atoms with Gasteiger partial charge in [-0.05, 0) is 36.6 Å². The van der Waals surface area contributed by atoms with Crippen molar-refractivity contribution < 1.29 is 4.79 Å². The zero-order valence-corrected chi connectivity index (χ0v) is 11.4. The zero-order valence-electron chi connectivity index (χ0n) is 9.88. The lowest BCUT2D eigenvalue weighted by Gasteiger charge is -2.07. The van der Waals surface area contributed by atoms with Gasteiger partial charge in [-0.1, -0.05) is 36.2 Å². The Hall–Kier alpha value is -0.570. The molecular weight excluding hydrogens is 257 g/mol. The second kappa shape index (κ2) is 7.00. The third-order valence-electron chi connectivity index (χ3n) is 2.70. The smallest absolute Gasteiger partial charge is 0.137 e. The van der Waals surface area contributed by atoms with Crippen molar-refractivity contribution in [1.82, 2.24) is 0 Å². The minimum Gasteiger partial charge on any atom is -0.330 e. The number of hydrogen-bond donors (Lipinski definition) is 1. The predicted molar refractivity (Wildman–Crippen MR) is 72.6 cm³/mol. The highest BCUT2D eigenvalue weighted by Gasteiger charge is 2.08. The molecule has 94 valence electrons. The minimum atomic E-state index is 0.212. The molecule has 0 fully saturated rings. The van der Waals surface area contributed by atoms with Gasteiger partial charge >= 0.3 is 0 Å². The lowest BCUT2D eigenvalue weighted by molar-refractivity contribution is -0.118. The molecule has 2 N–H and O–H groups in total. The van der Waals surface area contributed by atoms with Crippen LogP contribution in [0.4, 0.5) is 0 Å². The van der Waals surface area contributed by atoms with E-state index in [1.54, 1.807) is 12.1 Å². The van der Waals surface area contributed by atoms with Gasteiger partial charge in [0.2, 0.25) is 0 Å². The van der Waals surface area contributed by atoms with Crippen molar-refractivity contribution in [2.75, 3.05) is 6.54 Å². The first-order valence-electron chi connectivity index (χ1n) is 5.68. The highest BCUT2D eigenvalue weighted by Crippen LogP contribution is 2.23. The van der Waals surface area contributed by atoms with Gasteiger partial charge in [-0.25, -0.2) is 0 Å². The van der Waals surface area contributed by atoms with Gasteiger partial charge in [0.1, 0.15) is 5.78 Å². The number of carbonyl (C=O) groups excluding carboxylic acids is 1. The molecule has 0 aromatic heterocycles. The largest absolute Gasteiger partial charge is 0.330 e. The van der Waals surface area contributed by atoms with Gasteiger partial charge in [0.15, 0.2) is 0 Å². The van der Waals surface area contributed by atoms with E-state index in [1.165, 1.54) is 0 Å². The van der Waals surface area contributed by atoms with Crippen LogP contribution >= 0.6 is 23.2 Å². The topological polar surface area (TPSA) is 43.1 Å². The quantitative estimate of drug-likeness (QED) is 0.863. The Morgan fingerprint density at radius 3 is 2.65 bits per heavy atom. The Bertz CT molecular complexity index is 393. The lowest BCUT2D eigenvalue weighted by Crippen LogP contribution is -2.13. The van der Waals surface area contributed by atoms with Crippen LogP contribution in [0.2, 0.25) is 10.0 Å². The van der Waals surface area contributed by atoms with E-state index in [2.05, 4.69) is 0 Å². The summed E-state index contributed by atoms with van der Waals surface area (Å²) >= 11 is 11.7. The molecule has 1 rings (SSSR count). The van der Waals surface area contributed by atoms with E-state index in [0.717, 1.165) is 12.0 Å². The van der Waals surface area contributed by atoms with Crippen LogP contribution in [-0.2, 0) is 11.2 Å². The molecule has 0 radical (unpaired) electrons. The lowest BCUT2D eigenvalue weighted by atomic mass is 10.0. The van der Waals surface area contributed by atoms with Crippen LogP contribution in [0.1, 0.15) is 25.3 Å². The predicted octanol–water partition coefficient (Wildman–Crippen LogP) is 3.48. The number of halogens is 2. The number of hydrogen-bond acceptors (Lipinski definition) is 2. The summed E-state index contributed by atoms with van der Waals surface area (Å²) in [6.45, 7) is 2.67. The van der Waals surface area contributed by atoms with Crippen LogP contribution in [0, 0.1) is 5.92 Å². The third kappa shape index (κ3) is 5.07. The van der Waals surface area contributed by atoms with Crippen LogP contribution in [0.5, 0.6) is 0 Å². The monoisotopic (exact) mass is 273 g/mol. The summed E-state index contributed by atoms with van der Waals surface area (Å²) < 4.78 is 0. The molecule has 0 spiro atoms. The summed E-state index contributed by atoms with van der Waals surface area (Å²) in [6.07, 6.45) is 1.82. The third-order valence-corrected chi connectivity index (χ3v) is 3.44. The molecule has 0 saturated carbocycles. The first-order chi connectivity index (χ1) is 8.02. The molecule has 1 aromatic carbocycles. The van der Waals surface area contributed by atoms with Crippen LogP contribution in [-0.4, -0.2) is 12.3 Å². The molecule has 0 aliphatic carbocycles. The number of Topliss-reactive ketones (excluding diaryl/α,β-unsaturated/α-hetero) is 1. The van der Waals surface area contributed by atoms with Gasteiger partial charge < -0.3 is 5.73 Å². The molecule has 0 heterocycles. The van der Waals surface area contributed by atoms with E-state index in [4.69, 9.17) is 28.9 Å². The van der Waals surface area contributed by atoms with Crippen LogP contribution in [0.15, 0.2) is 18.2 Å². The van der Waals surface area contributed by atoms with Gasteiger partial charge in [-0.15, -0.1) is 0 Å². The van der Waals surface area contributed by atoms with E-state index >= 15 is 0 Å². The highest BCUT2D eigenvalue weighted by atomic mass is 35.5. The van der Waals surface area contributed by atoms with E-state index in [-0.39, 0.29) is 5.78 Å². The Labute approximate surface area is 112 Å². The maximum atomic E-state index is 11.7. The Kier molecular flexibility index (Phi) is 5.96. The van der Waals surface area contributed by atoms with Gasteiger partial charge in [0, 0.05) is 12.8 Å². The Morgan fingerprint density at radius 2 is 2.06 bits per heavy atom. The summed E-state index contributed by atoms with van der Waals surface area (Å²) in [5.41, 5.74) is 6.41. The molecule has 1 atom stereocenters. The fourth-order valence-corrected chi connectivity index (χ4v) is 1.81. The second-order valence-corrected chi connectivity index (χ2v) is 5.16. The number of carbonyl (C=O) groups is 1. The Morgan fingerprint density at radius 1 is 1.35 bits per heavy atom. The van der Waals surface area contributed by atoms with Crippen molar-refractivity contribution in [3.05, 3.63) is 33.8 Å². The molecule has 0 amide bonds. The number of ketones is 1. The normalized spacial score (nSPS) is 12.5. The van der Waals surface area contributed by atoms with Crippen molar-refractivity contribution in [2.24, 2.45) is 11.7 Å². The van der Waals surface area contributed by atoms with Gasteiger partial charge in [-0.2, -0.15) is 0 Å². The van der Waals surface area contributed by atoms with E-state index in [0.29, 0.717) is 35.3 Å². The van der Waals surface area contributed by atoms with Crippen molar-refractivity contribution in [1.29, 1.82) is 0 Å². The number of nitrogens with two attached hydrogens (primary N) is 1. The summed E-state index contributed by atoms with van der Waals surface area (Å²) in [4.78, 5) is 11.7. The van der Waals surface area contributed by atoms with Gasteiger partial charge in [0.05, 0.1) is 10.0 Å². The molecule has 17 heavy (non-hydrogen) atoms. The van der Waals surface area contributed by atoms with Gasteiger partial charge in [-0.3, -0.25) is 4.79 Å². The molecular formula is C13H17Cl2NO. The summed E-state index contributed by atoms with van der Waals surface area (Å²) in [5.74, 6) is 0.608. The molecule has 1 aromatic rings. The molecule has 0 aliphatic rings. The van der Waals surface area contributed by atoms with Gasteiger partial charge in [0.25, 0.3) is 0 Å². The maximum Gasteiger partial charge on any atom is 0.137 e. The maximum absolute atomic E-state index is 11.7. The van der Waals surface area contributed by atoms with Crippen molar-refractivity contribution in [3.8, 4) is 0 Å². The van der Waals surface area contributed by atoms with Crippen molar-refractivity contribution in [2.45, 2.75) is 26.2 Å². The standard InChI is InChI=1S/C13H17Cl2NO/c1-9(8-16)2-4-11(17)6-10-3-5-12(14)13(15)7-10/h3,5,7,9H,2,4,6,8,16H2,1H3. The highest BCUT2D eigenvalue weighted by molar-refractivity contribution is 6.42. The van der Waals surface area contributed by atoms with E-state index in [1.807, 2.05) is 13.0 Å². The molecule has 1 unspecified atom stereocenters. The van der Waals surface area contributed by atoms with E-state index < -0.39 is 0 Å². The first-order valence-corrected chi connectivity index (χ1v) is 6.44. The van der Waals surface area contributed by atoms with Crippen LogP contribution in [0.25, 0.3) is 0 Å². The molecule has 2 nitrogen and oxygen atoms in total. The fourth-order valence-electron chi connectivity index (χ4n) is 1.49. The number of rotatable bonds is 6. The second-order valence-electron chi connectivity index (χ2n) is 4.34. The molecule has 4 heteroatoms. The fraction of sp³-hybridized carbons (Fsp3) is 0.462. The average Bonchev–Trinajstić information content (AvgIpc) is 2.31. The number of benzene rings is 1. The minimum absolute atomic E-state index is 0.212. The zero-order chi connectivity index (χ0) is 12.8. The molecule has 0 aliphatic heterocycles. The summed E-state index contributed by atoms with van der Waals surface area (Å²) in [7, 11) is 0. The van der Waals surface area contributed by atoms with Crippen molar-refractivity contribution in [3.63, 3.8) is 0 Å². The summed E-state index contributed by atoms with van der Waals surface area (Å²) in [6, 6.07) is 5.29. The van der Waals surface area contributed by atoms with Crippen molar-refractivity contribution >= 4 is 29.0 Å². The van der Waals surface area contributed by atoms with Crippen LogP contribution in [0.3, 0.4) is 0 Å². The first kappa shape index (κ1) is 14.5. The molecule has 0 saturated heterocycles. The SMILES string of the molecule is CC(CN)CCC(=O)Cc1ccc(Cl)c(Cl)c1. The van der Waals surface area contributed by atoms with Crippen LogP contribution < -0.4 is 5.73 Å².